The summed E-state index contributed by atoms with van der Waals surface area (Å²) in [6, 6.07) is 20.8. The van der Waals surface area contributed by atoms with Crippen LogP contribution in [-0.4, -0.2) is 83.1 Å². The summed E-state index contributed by atoms with van der Waals surface area (Å²) in [5, 5.41) is 20.5. The van der Waals surface area contributed by atoms with Gasteiger partial charge < -0.3 is 19.8 Å². The van der Waals surface area contributed by atoms with Crippen LogP contribution < -0.4 is 10.8 Å². The van der Waals surface area contributed by atoms with Crippen LogP contribution in [0.25, 0.3) is 11.2 Å². The zero-order chi connectivity index (χ0) is 32.4. The summed E-state index contributed by atoms with van der Waals surface area (Å²) in [6.07, 6.45) is 12.4. The van der Waals surface area contributed by atoms with Gasteiger partial charge in [-0.2, -0.15) is 0 Å². The molecule has 12 heteroatoms. The van der Waals surface area contributed by atoms with E-state index in [2.05, 4.69) is 85.7 Å². The van der Waals surface area contributed by atoms with E-state index in [-0.39, 0.29) is 23.6 Å². The monoisotopic (exact) mass is 635 g/mol. The minimum Gasteiger partial charge on any atom is -0.340 e. The lowest BCUT2D eigenvalue weighted by atomic mass is 9.91. The number of aromatic nitrogens is 7. The fourth-order valence-corrected chi connectivity index (χ4v) is 6.53. The lowest BCUT2D eigenvalue weighted by molar-refractivity contribution is 0.0874. The number of piperazine rings is 1. The Morgan fingerprint density at radius 2 is 1.57 bits per heavy atom. The fourth-order valence-electron chi connectivity index (χ4n) is 6.53. The number of imidazole rings is 1. The van der Waals surface area contributed by atoms with Gasteiger partial charge in [0.1, 0.15) is 11.2 Å². The van der Waals surface area contributed by atoms with Gasteiger partial charge in [0.2, 0.25) is 0 Å². The standard InChI is InChI=1S/C35H45N11O/c1-2-3-4-5-6-13-18-37-35(47)44-21-19-43(20-22-44)31(27-14-9-7-10-15-27)32(28-16-11-8-12-17-28)46-24-29(41-42-46)23-45-26-40-33(36)30-34(45)39-25-38-30/h7-12,14-17,24-26,31-32,36H,2-6,13,18-23H2,1H3,(H,37,47)(H,38,39). The first-order valence-electron chi connectivity index (χ1n) is 16.8. The van der Waals surface area contributed by atoms with E-state index < -0.39 is 0 Å². The summed E-state index contributed by atoms with van der Waals surface area (Å²) >= 11 is 0. The summed E-state index contributed by atoms with van der Waals surface area (Å²) in [4.78, 5) is 29.1. The number of carbonyl (C=O) groups is 1. The molecule has 2 unspecified atom stereocenters. The molecule has 0 saturated carbocycles. The van der Waals surface area contributed by atoms with E-state index >= 15 is 0 Å². The predicted molar refractivity (Wildman–Crippen MR) is 181 cm³/mol. The maximum Gasteiger partial charge on any atom is 0.317 e. The minimum atomic E-state index is -0.169. The molecule has 0 radical (unpaired) electrons. The highest BCUT2D eigenvalue weighted by atomic mass is 16.2. The molecule has 1 fully saturated rings. The molecule has 1 aliphatic heterocycles. The van der Waals surface area contributed by atoms with Crippen molar-refractivity contribution in [2.24, 2.45) is 0 Å². The van der Waals surface area contributed by atoms with Gasteiger partial charge in [0, 0.05) is 32.7 Å². The Morgan fingerprint density at radius 1 is 0.894 bits per heavy atom. The van der Waals surface area contributed by atoms with Gasteiger partial charge in [-0.15, -0.1) is 5.10 Å². The first-order chi connectivity index (χ1) is 23.1. The summed E-state index contributed by atoms with van der Waals surface area (Å²) < 4.78 is 3.84. The molecular formula is C35H45N11O. The molecule has 0 bridgehead atoms. The fraction of sp³-hybridized carbons (Fsp3) is 0.429. The number of hydrogen-bond acceptors (Lipinski definition) is 7. The Hall–Kier alpha value is -4.84. The van der Waals surface area contributed by atoms with Crippen LogP contribution >= 0.6 is 0 Å². The Balaban J connectivity index is 1.21. The molecule has 2 amide bonds. The highest BCUT2D eigenvalue weighted by Gasteiger charge is 2.35. The third-order valence-electron chi connectivity index (χ3n) is 9.01. The average molecular weight is 636 g/mol. The zero-order valence-corrected chi connectivity index (χ0v) is 27.1. The van der Waals surface area contributed by atoms with E-state index in [1.54, 1.807) is 12.7 Å². The van der Waals surface area contributed by atoms with Crippen molar-refractivity contribution in [2.75, 3.05) is 32.7 Å². The van der Waals surface area contributed by atoms with E-state index in [0.29, 0.717) is 30.8 Å². The Bertz CT molecular complexity index is 1760. The molecule has 5 aromatic rings. The smallest absolute Gasteiger partial charge is 0.317 e. The quantitative estimate of drug-likeness (QED) is 0.149. The van der Waals surface area contributed by atoms with Gasteiger partial charge >= 0.3 is 6.03 Å². The number of hydrogen-bond donors (Lipinski definition) is 3. The van der Waals surface area contributed by atoms with E-state index in [4.69, 9.17) is 10.6 Å². The molecule has 2 atom stereocenters. The van der Waals surface area contributed by atoms with E-state index in [1.807, 2.05) is 32.5 Å². The maximum atomic E-state index is 13.0. The number of urea groups is 1. The van der Waals surface area contributed by atoms with Gasteiger partial charge in [-0.25, -0.2) is 19.4 Å². The summed E-state index contributed by atoms with van der Waals surface area (Å²) in [7, 11) is 0. The largest absolute Gasteiger partial charge is 0.340 e. The van der Waals surface area contributed by atoms with Gasteiger partial charge in [0.05, 0.1) is 37.5 Å². The number of fused-ring (bicyclic) bond motifs is 1. The van der Waals surface area contributed by atoms with Gasteiger partial charge in [-0.1, -0.05) is 105 Å². The number of benzene rings is 2. The van der Waals surface area contributed by atoms with Crippen molar-refractivity contribution >= 4 is 17.2 Å². The Labute approximate surface area is 275 Å². The Kier molecular flexibility index (Phi) is 10.7. The molecule has 3 aromatic heterocycles. The first-order valence-corrected chi connectivity index (χ1v) is 16.8. The predicted octanol–water partition coefficient (Wildman–Crippen LogP) is 4.90. The zero-order valence-electron chi connectivity index (χ0n) is 27.1. The van der Waals surface area contributed by atoms with Crippen molar-refractivity contribution in [1.82, 2.24) is 49.6 Å². The molecule has 0 spiro atoms. The second-order valence-electron chi connectivity index (χ2n) is 12.2. The summed E-state index contributed by atoms with van der Waals surface area (Å²) in [6.45, 7) is 6.18. The van der Waals surface area contributed by atoms with Crippen LogP contribution in [0, 0.1) is 5.41 Å². The van der Waals surface area contributed by atoms with Crippen LogP contribution in [0.2, 0.25) is 0 Å². The van der Waals surface area contributed by atoms with Crippen LogP contribution in [0.3, 0.4) is 0 Å². The van der Waals surface area contributed by atoms with E-state index in [9.17, 15) is 4.79 Å². The third-order valence-corrected chi connectivity index (χ3v) is 9.01. The third kappa shape index (κ3) is 7.76. The molecule has 3 N–H and O–H groups in total. The number of nitrogens with zero attached hydrogens (tertiary/aromatic N) is 8. The molecule has 6 rings (SSSR count). The van der Waals surface area contributed by atoms with Crippen LogP contribution in [-0.2, 0) is 6.54 Å². The summed E-state index contributed by atoms with van der Waals surface area (Å²) in [5.41, 5.74) is 4.46. The number of H-pyrrole nitrogens is 1. The Morgan fingerprint density at radius 3 is 2.30 bits per heavy atom. The van der Waals surface area contributed by atoms with Crippen molar-refractivity contribution < 1.29 is 4.79 Å². The summed E-state index contributed by atoms with van der Waals surface area (Å²) in [5.74, 6) is 0. The number of carbonyl (C=O) groups excluding carboxylic acids is 1. The number of rotatable bonds is 14. The van der Waals surface area contributed by atoms with Crippen molar-refractivity contribution in [1.29, 1.82) is 5.41 Å². The van der Waals surface area contributed by atoms with Crippen LogP contribution in [0.4, 0.5) is 4.79 Å². The highest BCUT2D eigenvalue weighted by Crippen LogP contribution is 2.37. The van der Waals surface area contributed by atoms with Crippen molar-refractivity contribution in [3.63, 3.8) is 0 Å². The molecule has 0 aliphatic carbocycles. The topological polar surface area (TPSA) is 137 Å². The molecule has 1 saturated heterocycles. The van der Waals surface area contributed by atoms with Gasteiger partial charge in [0.15, 0.2) is 11.1 Å². The normalized spacial score (nSPS) is 15.1. The molecular weight excluding hydrogens is 590 g/mol. The van der Waals surface area contributed by atoms with Crippen LogP contribution in [0.5, 0.6) is 0 Å². The second kappa shape index (κ2) is 15.6. The molecule has 12 nitrogen and oxygen atoms in total. The van der Waals surface area contributed by atoms with Gasteiger partial charge in [-0.3, -0.25) is 10.3 Å². The number of amides is 2. The second-order valence-corrected chi connectivity index (χ2v) is 12.2. The number of aromatic amines is 1. The average Bonchev–Trinajstić information content (AvgIpc) is 3.80. The minimum absolute atomic E-state index is 0.0338. The van der Waals surface area contributed by atoms with Gasteiger partial charge in [0.25, 0.3) is 0 Å². The van der Waals surface area contributed by atoms with Crippen LogP contribution in [0.1, 0.15) is 74.4 Å². The van der Waals surface area contributed by atoms with E-state index in [0.717, 1.165) is 43.7 Å². The lowest BCUT2D eigenvalue weighted by Gasteiger charge is -2.42. The molecule has 2 aromatic carbocycles. The van der Waals surface area contributed by atoms with Gasteiger partial charge in [-0.05, 0) is 17.5 Å². The molecule has 1 aliphatic rings. The van der Waals surface area contributed by atoms with Crippen LogP contribution in [0.15, 0.2) is 79.5 Å². The molecule has 47 heavy (non-hydrogen) atoms. The number of nitrogens with one attached hydrogen (secondary N) is 3. The highest BCUT2D eigenvalue weighted by molar-refractivity contribution is 5.74. The van der Waals surface area contributed by atoms with E-state index in [1.165, 1.54) is 31.2 Å². The first kappa shape index (κ1) is 32.1. The van der Waals surface area contributed by atoms with Crippen molar-refractivity contribution in [3.05, 3.63) is 102 Å². The maximum absolute atomic E-state index is 13.0. The lowest BCUT2D eigenvalue weighted by Crippen LogP contribution is -2.53. The number of unbranched alkanes of at least 4 members (excludes halogenated alkanes) is 5. The molecule has 246 valence electrons. The van der Waals surface area contributed by atoms with Crippen molar-refractivity contribution in [2.45, 2.75) is 64.1 Å². The molecule has 4 heterocycles. The van der Waals surface area contributed by atoms with Crippen molar-refractivity contribution in [3.8, 4) is 0 Å². The SMILES string of the molecule is CCCCCCCCNC(=O)N1CCN(C(c2ccccc2)C(c2ccccc2)n2cc(Cn3cnc(=N)c4[nH]cnc43)nn2)CC1.